The van der Waals surface area contributed by atoms with Gasteiger partial charge in [-0.3, -0.25) is 4.72 Å². The van der Waals surface area contributed by atoms with Crippen LogP contribution in [-0.4, -0.2) is 51.8 Å². The van der Waals surface area contributed by atoms with Crippen LogP contribution in [0.3, 0.4) is 0 Å². The maximum Gasteiger partial charge on any atom is 0.262 e. The molecule has 0 saturated carbocycles. The Kier molecular flexibility index (Phi) is 5.00. The summed E-state index contributed by atoms with van der Waals surface area (Å²) in [4.78, 5) is 10.1. The van der Waals surface area contributed by atoms with Crippen LogP contribution in [0.1, 0.15) is 0 Å². The molecule has 1 aliphatic heterocycles. The van der Waals surface area contributed by atoms with E-state index in [-0.39, 0.29) is 16.3 Å². The summed E-state index contributed by atoms with van der Waals surface area (Å²) in [5, 5.41) is 0. The molecule has 0 unspecified atom stereocenters. The highest BCUT2D eigenvalue weighted by molar-refractivity contribution is 7.92. The summed E-state index contributed by atoms with van der Waals surface area (Å²) in [7, 11) is -2.65. The molecule has 0 radical (unpaired) electrons. The number of aromatic nitrogens is 2. The van der Waals surface area contributed by atoms with Gasteiger partial charge in [0.05, 0.1) is 43.3 Å². The van der Waals surface area contributed by atoms with E-state index in [9.17, 15) is 12.8 Å². The van der Waals surface area contributed by atoms with Gasteiger partial charge in [0.1, 0.15) is 0 Å². The zero-order valence-corrected chi connectivity index (χ0v) is 14.3. The van der Waals surface area contributed by atoms with Gasteiger partial charge in [0.15, 0.2) is 11.6 Å². The first kappa shape index (κ1) is 17.4. The van der Waals surface area contributed by atoms with E-state index in [0.29, 0.717) is 32.3 Å². The molecule has 2 heterocycles. The van der Waals surface area contributed by atoms with Crippen LogP contribution >= 0.6 is 0 Å². The smallest absolute Gasteiger partial charge is 0.262 e. The highest BCUT2D eigenvalue weighted by Gasteiger charge is 2.18. The number of nitrogens with one attached hydrogen (secondary N) is 1. The predicted octanol–water partition coefficient (Wildman–Crippen LogP) is 1.26. The van der Waals surface area contributed by atoms with Crippen LogP contribution in [-0.2, 0) is 14.8 Å². The second kappa shape index (κ2) is 7.19. The van der Waals surface area contributed by atoms with Crippen LogP contribution in [0.15, 0.2) is 35.5 Å². The number of rotatable bonds is 5. The maximum atomic E-state index is 13.7. The van der Waals surface area contributed by atoms with Crippen LogP contribution in [0.4, 0.5) is 16.0 Å². The van der Waals surface area contributed by atoms with Crippen LogP contribution in [0, 0.1) is 5.82 Å². The van der Waals surface area contributed by atoms with Crippen molar-refractivity contribution in [3.8, 4) is 5.75 Å². The molecule has 3 rings (SSSR count). The molecule has 1 fully saturated rings. The number of hydrogen-bond acceptors (Lipinski definition) is 7. The lowest BCUT2D eigenvalue weighted by Gasteiger charge is -2.26. The van der Waals surface area contributed by atoms with Crippen molar-refractivity contribution in [1.29, 1.82) is 0 Å². The first-order chi connectivity index (χ1) is 12.0. The number of morpholine rings is 1. The molecular weight excluding hydrogens is 351 g/mol. The van der Waals surface area contributed by atoms with E-state index in [1.165, 1.54) is 31.6 Å². The summed E-state index contributed by atoms with van der Waals surface area (Å²) in [5.74, 6) is -0.289. The molecule has 1 N–H and O–H groups in total. The van der Waals surface area contributed by atoms with Crippen LogP contribution < -0.4 is 14.4 Å². The average Bonchev–Trinajstić information content (AvgIpc) is 2.62. The van der Waals surface area contributed by atoms with Gasteiger partial charge in [-0.05, 0) is 18.2 Å². The Balaban J connectivity index is 1.75. The van der Waals surface area contributed by atoms with Crippen molar-refractivity contribution >= 4 is 21.7 Å². The lowest BCUT2D eigenvalue weighted by Crippen LogP contribution is -2.37. The first-order valence-corrected chi connectivity index (χ1v) is 8.99. The van der Waals surface area contributed by atoms with Crippen LogP contribution in [0.5, 0.6) is 5.75 Å². The number of hydrogen-bond donors (Lipinski definition) is 1. The standard InChI is InChI=1S/C15H17FN4O4S/c1-23-14-3-2-12(8-13(14)16)25(21,22)19-11-9-17-15(18-10-11)20-4-6-24-7-5-20/h2-3,8-10,19H,4-7H2,1H3. The zero-order valence-electron chi connectivity index (χ0n) is 13.5. The van der Waals surface area contributed by atoms with E-state index in [1.54, 1.807) is 0 Å². The Morgan fingerprint density at radius 2 is 1.92 bits per heavy atom. The monoisotopic (exact) mass is 368 g/mol. The van der Waals surface area contributed by atoms with Crippen molar-refractivity contribution in [3.63, 3.8) is 0 Å². The fraction of sp³-hybridized carbons (Fsp3) is 0.333. The third-order valence-electron chi connectivity index (χ3n) is 3.62. The lowest BCUT2D eigenvalue weighted by molar-refractivity contribution is 0.122. The Bertz CT molecular complexity index is 839. The molecule has 0 bridgehead atoms. The van der Waals surface area contributed by atoms with Gasteiger partial charge in [-0.1, -0.05) is 0 Å². The summed E-state index contributed by atoms with van der Waals surface area (Å²) in [6.45, 7) is 2.55. The number of ether oxygens (including phenoxy) is 2. The molecule has 0 spiro atoms. The molecule has 25 heavy (non-hydrogen) atoms. The molecule has 1 aromatic carbocycles. The predicted molar refractivity (Wildman–Crippen MR) is 88.8 cm³/mol. The summed E-state index contributed by atoms with van der Waals surface area (Å²) in [6.07, 6.45) is 2.74. The SMILES string of the molecule is COc1ccc(S(=O)(=O)Nc2cnc(N3CCOCC3)nc2)cc1F. The Morgan fingerprint density at radius 1 is 1.24 bits per heavy atom. The van der Waals surface area contributed by atoms with Crippen molar-refractivity contribution in [3.05, 3.63) is 36.4 Å². The maximum absolute atomic E-state index is 13.7. The number of sulfonamides is 1. The zero-order chi connectivity index (χ0) is 17.9. The number of methoxy groups -OCH3 is 1. The molecule has 8 nitrogen and oxygen atoms in total. The van der Waals surface area contributed by atoms with Gasteiger partial charge in [-0.2, -0.15) is 0 Å². The second-order valence-corrected chi connectivity index (χ2v) is 6.96. The molecule has 0 atom stereocenters. The molecule has 1 aliphatic rings. The van der Waals surface area contributed by atoms with Crippen molar-refractivity contribution in [1.82, 2.24) is 9.97 Å². The molecular formula is C15H17FN4O4S. The van der Waals surface area contributed by atoms with Crippen molar-refractivity contribution in [2.24, 2.45) is 0 Å². The minimum absolute atomic E-state index is 0.0304. The van der Waals surface area contributed by atoms with Gasteiger partial charge in [0, 0.05) is 13.1 Å². The topological polar surface area (TPSA) is 93.7 Å². The fourth-order valence-corrected chi connectivity index (χ4v) is 3.37. The highest BCUT2D eigenvalue weighted by atomic mass is 32.2. The molecule has 1 saturated heterocycles. The van der Waals surface area contributed by atoms with Gasteiger partial charge < -0.3 is 14.4 Å². The van der Waals surface area contributed by atoms with Crippen molar-refractivity contribution < 1.29 is 22.3 Å². The second-order valence-electron chi connectivity index (χ2n) is 5.27. The highest BCUT2D eigenvalue weighted by Crippen LogP contribution is 2.22. The van der Waals surface area contributed by atoms with E-state index >= 15 is 0 Å². The van der Waals surface area contributed by atoms with E-state index in [1.807, 2.05) is 4.90 Å². The summed E-state index contributed by atoms with van der Waals surface area (Å²) >= 11 is 0. The van der Waals surface area contributed by atoms with Crippen LogP contribution in [0.25, 0.3) is 0 Å². The summed E-state index contributed by atoms with van der Waals surface area (Å²) in [6, 6.07) is 3.40. The fourth-order valence-electron chi connectivity index (χ4n) is 2.33. The molecule has 134 valence electrons. The largest absolute Gasteiger partial charge is 0.494 e. The Morgan fingerprint density at radius 3 is 2.52 bits per heavy atom. The van der Waals surface area contributed by atoms with E-state index in [2.05, 4.69) is 14.7 Å². The number of benzene rings is 1. The summed E-state index contributed by atoms with van der Waals surface area (Å²) < 4.78 is 50.8. The Hall–Kier alpha value is -2.46. The van der Waals surface area contributed by atoms with Gasteiger partial charge in [0.25, 0.3) is 10.0 Å². The number of nitrogens with zero attached hydrogens (tertiary/aromatic N) is 3. The first-order valence-electron chi connectivity index (χ1n) is 7.51. The minimum Gasteiger partial charge on any atom is -0.494 e. The number of halogens is 1. The third kappa shape index (κ3) is 3.97. The molecule has 0 amide bonds. The molecule has 1 aromatic heterocycles. The van der Waals surface area contributed by atoms with Gasteiger partial charge in [0.2, 0.25) is 5.95 Å². The van der Waals surface area contributed by atoms with Gasteiger partial charge >= 0.3 is 0 Å². The third-order valence-corrected chi connectivity index (χ3v) is 5.00. The lowest BCUT2D eigenvalue weighted by atomic mass is 10.3. The van der Waals surface area contributed by atoms with E-state index in [0.717, 1.165) is 6.07 Å². The molecule has 0 aliphatic carbocycles. The average molecular weight is 368 g/mol. The molecule has 2 aromatic rings. The van der Waals surface area contributed by atoms with Crippen molar-refractivity contribution in [2.45, 2.75) is 4.90 Å². The van der Waals surface area contributed by atoms with Crippen molar-refractivity contribution in [2.75, 3.05) is 43.0 Å². The van der Waals surface area contributed by atoms with E-state index < -0.39 is 15.8 Å². The number of anilines is 2. The summed E-state index contributed by atoms with van der Waals surface area (Å²) in [5.41, 5.74) is 0.188. The van der Waals surface area contributed by atoms with E-state index in [4.69, 9.17) is 9.47 Å². The Labute approximate surface area is 144 Å². The molecule has 10 heteroatoms. The van der Waals surface area contributed by atoms with Gasteiger partial charge in [-0.25, -0.2) is 22.8 Å². The minimum atomic E-state index is -3.96. The van der Waals surface area contributed by atoms with Gasteiger partial charge in [-0.15, -0.1) is 0 Å². The normalized spacial score (nSPS) is 15.0. The quantitative estimate of drug-likeness (QED) is 0.849. The van der Waals surface area contributed by atoms with Crippen LogP contribution in [0.2, 0.25) is 0 Å².